The number of ether oxygens (including phenoxy) is 1. The quantitative estimate of drug-likeness (QED) is 0.700. The van der Waals surface area contributed by atoms with Gasteiger partial charge in [0.05, 0.1) is 25.4 Å². The van der Waals surface area contributed by atoms with Gasteiger partial charge in [-0.1, -0.05) is 18.2 Å². The molecule has 0 aliphatic carbocycles. The van der Waals surface area contributed by atoms with E-state index in [0.717, 1.165) is 18.6 Å². The lowest BCUT2D eigenvalue weighted by atomic mass is 9.95. The average Bonchev–Trinajstić information content (AvgIpc) is 2.68. The van der Waals surface area contributed by atoms with Crippen LogP contribution in [0.15, 0.2) is 30.3 Å². The van der Waals surface area contributed by atoms with Crippen LogP contribution >= 0.6 is 0 Å². The van der Waals surface area contributed by atoms with Crippen molar-refractivity contribution in [3.63, 3.8) is 0 Å². The number of piperidine rings is 1. The van der Waals surface area contributed by atoms with E-state index in [1.165, 1.54) is 0 Å². The average molecular weight is 390 g/mol. The van der Waals surface area contributed by atoms with Gasteiger partial charge in [-0.2, -0.15) is 0 Å². The fraction of sp³-hybridized carbons (Fsp3) is 0.571. The number of hydrogen-bond donors (Lipinski definition) is 1. The Balaban J connectivity index is 1.86. The van der Waals surface area contributed by atoms with Crippen LogP contribution < -0.4 is 4.74 Å². The molecular formula is C21H30N2O5. The Kier molecular flexibility index (Phi) is 8.29. The van der Waals surface area contributed by atoms with Gasteiger partial charge in [-0.15, -0.1) is 0 Å². The van der Waals surface area contributed by atoms with E-state index in [1.54, 1.807) is 9.80 Å². The third-order valence-corrected chi connectivity index (χ3v) is 4.92. The van der Waals surface area contributed by atoms with Crippen molar-refractivity contribution in [2.45, 2.75) is 45.6 Å². The summed E-state index contributed by atoms with van der Waals surface area (Å²) in [6, 6.07) is 9.28. The summed E-state index contributed by atoms with van der Waals surface area (Å²) in [5.74, 6) is -0.543. The number of likely N-dealkylation sites (tertiary alicyclic amines) is 1. The molecule has 0 saturated carbocycles. The Morgan fingerprint density at radius 1 is 1.21 bits per heavy atom. The van der Waals surface area contributed by atoms with Crippen LogP contribution in [-0.2, 0) is 14.4 Å². The van der Waals surface area contributed by atoms with Gasteiger partial charge in [0, 0.05) is 25.7 Å². The largest absolute Gasteiger partial charge is 0.493 e. The van der Waals surface area contributed by atoms with Gasteiger partial charge in [-0.05, 0) is 38.8 Å². The predicted octanol–water partition coefficient (Wildman–Crippen LogP) is 2.41. The van der Waals surface area contributed by atoms with Gasteiger partial charge in [0.1, 0.15) is 5.75 Å². The zero-order chi connectivity index (χ0) is 20.5. The standard InChI is InChI=1S/C21H30N2O5/c1-16(2)23(13-10-20(25)26)21(27)17-7-6-12-22(15-17)19(24)11-14-28-18-8-4-3-5-9-18/h3-5,8-9,16-17H,6-7,10-15H2,1-2H3,(H,25,26). The van der Waals surface area contributed by atoms with Crippen molar-refractivity contribution in [1.82, 2.24) is 9.80 Å². The first-order chi connectivity index (χ1) is 13.4. The van der Waals surface area contributed by atoms with Crippen molar-refractivity contribution in [2.24, 2.45) is 5.92 Å². The van der Waals surface area contributed by atoms with Crippen LogP contribution in [0.2, 0.25) is 0 Å². The molecule has 7 heteroatoms. The smallest absolute Gasteiger partial charge is 0.305 e. The zero-order valence-electron chi connectivity index (χ0n) is 16.7. The maximum absolute atomic E-state index is 12.9. The van der Waals surface area contributed by atoms with Crippen LogP contribution in [0.4, 0.5) is 0 Å². The fourth-order valence-electron chi connectivity index (χ4n) is 3.41. The van der Waals surface area contributed by atoms with Crippen molar-refractivity contribution >= 4 is 17.8 Å². The van der Waals surface area contributed by atoms with Crippen molar-refractivity contribution < 1.29 is 24.2 Å². The van der Waals surface area contributed by atoms with Crippen LogP contribution in [0.25, 0.3) is 0 Å². The number of amides is 2. The van der Waals surface area contributed by atoms with E-state index in [-0.39, 0.29) is 43.2 Å². The molecule has 2 rings (SSSR count). The first-order valence-electron chi connectivity index (χ1n) is 9.86. The number of rotatable bonds is 9. The molecule has 2 amide bonds. The number of carbonyl (C=O) groups excluding carboxylic acids is 2. The summed E-state index contributed by atoms with van der Waals surface area (Å²) in [5, 5.41) is 8.91. The number of aliphatic carboxylic acids is 1. The molecule has 0 radical (unpaired) electrons. The van der Waals surface area contributed by atoms with Crippen molar-refractivity contribution in [3.8, 4) is 5.75 Å². The minimum Gasteiger partial charge on any atom is -0.493 e. The second-order valence-electron chi connectivity index (χ2n) is 7.36. The highest BCUT2D eigenvalue weighted by Gasteiger charge is 2.32. The Morgan fingerprint density at radius 2 is 1.93 bits per heavy atom. The zero-order valence-corrected chi connectivity index (χ0v) is 16.7. The minimum absolute atomic E-state index is 0.0185. The van der Waals surface area contributed by atoms with Crippen LogP contribution in [0.1, 0.15) is 39.5 Å². The minimum atomic E-state index is -0.919. The second-order valence-corrected chi connectivity index (χ2v) is 7.36. The van der Waals surface area contributed by atoms with E-state index in [0.29, 0.717) is 19.7 Å². The van der Waals surface area contributed by atoms with E-state index < -0.39 is 5.97 Å². The van der Waals surface area contributed by atoms with Crippen molar-refractivity contribution in [2.75, 3.05) is 26.2 Å². The lowest BCUT2D eigenvalue weighted by Crippen LogP contribution is -2.49. The summed E-state index contributed by atoms with van der Waals surface area (Å²) in [7, 11) is 0. The Bertz CT molecular complexity index is 662. The molecule has 1 aliphatic heterocycles. The van der Waals surface area contributed by atoms with Gasteiger partial charge in [-0.3, -0.25) is 14.4 Å². The lowest BCUT2D eigenvalue weighted by molar-refractivity contribution is -0.143. The Labute approximate surface area is 166 Å². The summed E-state index contributed by atoms with van der Waals surface area (Å²) in [4.78, 5) is 39.6. The highest BCUT2D eigenvalue weighted by molar-refractivity contribution is 5.82. The van der Waals surface area contributed by atoms with Crippen LogP contribution in [-0.4, -0.2) is 65.0 Å². The summed E-state index contributed by atoms with van der Waals surface area (Å²) >= 11 is 0. The molecule has 1 fully saturated rings. The van der Waals surface area contributed by atoms with Crippen LogP contribution in [0.5, 0.6) is 5.75 Å². The Morgan fingerprint density at radius 3 is 2.57 bits per heavy atom. The van der Waals surface area contributed by atoms with Gasteiger partial charge in [-0.25, -0.2) is 0 Å². The number of benzene rings is 1. The van der Waals surface area contributed by atoms with E-state index >= 15 is 0 Å². The number of carbonyl (C=O) groups is 3. The molecular weight excluding hydrogens is 360 g/mol. The molecule has 7 nitrogen and oxygen atoms in total. The van der Waals surface area contributed by atoms with Gasteiger partial charge in [0.15, 0.2) is 0 Å². The molecule has 0 aromatic heterocycles. The first-order valence-corrected chi connectivity index (χ1v) is 9.86. The Hall–Kier alpha value is -2.57. The molecule has 1 atom stereocenters. The topological polar surface area (TPSA) is 87.2 Å². The van der Waals surface area contributed by atoms with Crippen LogP contribution in [0.3, 0.4) is 0 Å². The molecule has 1 saturated heterocycles. The molecule has 1 heterocycles. The molecule has 1 aromatic rings. The number of hydrogen-bond acceptors (Lipinski definition) is 4. The molecule has 1 aliphatic rings. The lowest BCUT2D eigenvalue weighted by Gasteiger charge is -2.36. The summed E-state index contributed by atoms with van der Waals surface area (Å²) in [5.41, 5.74) is 0. The number of para-hydroxylation sites is 1. The maximum Gasteiger partial charge on any atom is 0.305 e. The molecule has 1 N–H and O–H groups in total. The molecule has 0 bridgehead atoms. The van der Waals surface area contributed by atoms with Crippen LogP contribution in [0, 0.1) is 5.92 Å². The van der Waals surface area contributed by atoms with E-state index in [2.05, 4.69) is 0 Å². The molecule has 1 aromatic carbocycles. The van der Waals surface area contributed by atoms with Crippen molar-refractivity contribution in [3.05, 3.63) is 30.3 Å². The summed E-state index contributed by atoms with van der Waals surface area (Å²) in [6.45, 7) is 5.29. The third-order valence-electron chi connectivity index (χ3n) is 4.92. The summed E-state index contributed by atoms with van der Waals surface area (Å²) in [6.07, 6.45) is 1.69. The number of nitrogens with zero attached hydrogens (tertiary/aromatic N) is 2. The maximum atomic E-state index is 12.9. The van der Waals surface area contributed by atoms with Gasteiger partial charge < -0.3 is 19.6 Å². The van der Waals surface area contributed by atoms with Crippen molar-refractivity contribution in [1.29, 1.82) is 0 Å². The summed E-state index contributed by atoms with van der Waals surface area (Å²) < 4.78 is 5.59. The number of carboxylic acids is 1. The third kappa shape index (κ3) is 6.55. The molecule has 28 heavy (non-hydrogen) atoms. The normalized spacial score (nSPS) is 16.7. The van der Waals surface area contributed by atoms with Gasteiger partial charge in [0.25, 0.3) is 0 Å². The van der Waals surface area contributed by atoms with E-state index in [9.17, 15) is 14.4 Å². The first kappa shape index (κ1) is 21.7. The molecule has 154 valence electrons. The molecule has 1 unspecified atom stereocenters. The predicted molar refractivity (Wildman–Crippen MR) is 105 cm³/mol. The highest BCUT2D eigenvalue weighted by atomic mass is 16.5. The van der Waals surface area contributed by atoms with Gasteiger partial charge in [0.2, 0.25) is 11.8 Å². The fourth-order valence-corrected chi connectivity index (χ4v) is 3.41. The SMILES string of the molecule is CC(C)N(CCC(=O)O)C(=O)C1CCCN(C(=O)CCOc2ccccc2)C1. The number of carboxylic acid groups (broad SMARTS) is 1. The van der Waals surface area contributed by atoms with E-state index in [1.807, 2.05) is 44.2 Å². The molecule has 0 spiro atoms. The second kappa shape index (κ2) is 10.7. The highest BCUT2D eigenvalue weighted by Crippen LogP contribution is 2.21. The van der Waals surface area contributed by atoms with E-state index in [4.69, 9.17) is 9.84 Å². The monoisotopic (exact) mass is 390 g/mol. The van der Waals surface area contributed by atoms with Gasteiger partial charge >= 0.3 is 5.97 Å².